The second-order valence-electron chi connectivity index (χ2n) is 14.6. The van der Waals surface area contributed by atoms with Crippen LogP contribution in [0.5, 0.6) is 0 Å². The zero-order valence-corrected chi connectivity index (χ0v) is 29.7. The van der Waals surface area contributed by atoms with E-state index in [4.69, 9.17) is 4.42 Å². The average molecular weight is 664 g/mol. The van der Waals surface area contributed by atoms with E-state index >= 15 is 0 Å². The first kappa shape index (κ1) is 29.8. The summed E-state index contributed by atoms with van der Waals surface area (Å²) in [5.41, 5.74) is 12.9. The van der Waals surface area contributed by atoms with E-state index < -0.39 is 8.80 Å². The topological polar surface area (TPSA) is 16.4 Å². The molecule has 0 saturated heterocycles. The molecule has 3 heteroatoms. The van der Waals surface area contributed by atoms with Gasteiger partial charge in [-0.25, -0.2) is 0 Å². The summed E-state index contributed by atoms with van der Waals surface area (Å²) in [6, 6.07) is 29.9. The van der Waals surface area contributed by atoms with E-state index in [1.807, 2.05) is 0 Å². The molecule has 0 N–H and O–H groups in total. The molecule has 0 amide bonds. The maximum Gasteiger partial charge on any atom is 0.143 e. The third-order valence-electron chi connectivity index (χ3n) is 11.8. The van der Waals surface area contributed by atoms with Gasteiger partial charge in [-0.2, -0.15) is 0 Å². The van der Waals surface area contributed by atoms with Gasteiger partial charge in [-0.1, -0.05) is 116 Å². The van der Waals surface area contributed by atoms with Gasteiger partial charge in [0.25, 0.3) is 0 Å². The second kappa shape index (κ2) is 12.0. The zero-order valence-electron chi connectivity index (χ0n) is 28.6. The van der Waals surface area contributed by atoms with Crippen LogP contribution in [-0.4, -0.2) is 8.80 Å². The number of nitrogens with zero attached hydrogens (tertiary/aromatic N) is 1. The van der Waals surface area contributed by atoms with Crippen LogP contribution < -0.4 is 15.3 Å². The molecule has 0 bridgehead atoms. The minimum atomic E-state index is -1.44. The summed E-state index contributed by atoms with van der Waals surface area (Å²) in [6.07, 6.45) is 31.2. The minimum Gasteiger partial charge on any atom is -0.455 e. The Morgan fingerprint density at radius 2 is 1.72 bits per heavy atom. The summed E-state index contributed by atoms with van der Waals surface area (Å²) in [6.45, 7) is 2.50. The van der Waals surface area contributed by atoms with Crippen molar-refractivity contribution < 1.29 is 4.42 Å². The largest absolute Gasteiger partial charge is 0.455 e. The first-order chi connectivity index (χ1) is 24.7. The van der Waals surface area contributed by atoms with Crippen molar-refractivity contribution >= 4 is 52.5 Å². The van der Waals surface area contributed by atoms with Gasteiger partial charge in [0.15, 0.2) is 0 Å². The lowest BCUT2D eigenvalue weighted by Gasteiger charge is -2.34. The fourth-order valence-corrected chi connectivity index (χ4v) is 11.9. The highest BCUT2D eigenvalue weighted by molar-refractivity contribution is 6.89. The first-order valence-electron chi connectivity index (χ1n) is 18.5. The maximum absolute atomic E-state index is 6.59. The van der Waals surface area contributed by atoms with E-state index in [1.165, 1.54) is 72.5 Å². The number of benzene rings is 4. The zero-order chi connectivity index (χ0) is 33.2. The third-order valence-corrected chi connectivity index (χ3v) is 14.6. The summed E-state index contributed by atoms with van der Waals surface area (Å²) in [5, 5.41) is 5.42. The fourth-order valence-electron chi connectivity index (χ4n) is 9.33. The second-order valence-corrected chi connectivity index (χ2v) is 17.3. The van der Waals surface area contributed by atoms with Crippen molar-refractivity contribution in [2.24, 2.45) is 11.8 Å². The first-order valence-corrected chi connectivity index (χ1v) is 20.8. The van der Waals surface area contributed by atoms with Crippen molar-refractivity contribution in [3.63, 3.8) is 0 Å². The van der Waals surface area contributed by atoms with E-state index in [0.717, 1.165) is 36.8 Å². The Bertz CT molecular complexity index is 2410. The van der Waals surface area contributed by atoms with Crippen molar-refractivity contribution in [3.05, 3.63) is 168 Å². The van der Waals surface area contributed by atoms with Gasteiger partial charge in [0.1, 0.15) is 20.0 Å². The van der Waals surface area contributed by atoms with Gasteiger partial charge in [0, 0.05) is 45.2 Å². The molecule has 50 heavy (non-hydrogen) atoms. The highest BCUT2D eigenvalue weighted by Crippen LogP contribution is 2.44. The Morgan fingerprint density at radius 1 is 0.780 bits per heavy atom. The van der Waals surface area contributed by atoms with Crippen LogP contribution in [0, 0.1) is 11.8 Å². The molecule has 4 unspecified atom stereocenters. The molecule has 1 aromatic heterocycles. The summed E-state index contributed by atoms with van der Waals surface area (Å²) in [5.74, 6) is 1.38. The number of allylic oxidation sites excluding steroid dienone is 14. The smallest absolute Gasteiger partial charge is 0.143 e. The van der Waals surface area contributed by atoms with Crippen LogP contribution in [0.25, 0.3) is 33.1 Å². The van der Waals surface area contributed by atoms with Gasteiger partial charge in [0.05, 0.1) is 0 Å². The van der Waals surface area contributed by atoms with E-state index in [0.29, 0.717) is 17.8 Å². The van der Waals surface area contributed by atoms with Crippen LogP contribution in [0.4, 0.5) is 11.4 Å². The van der Waals surface area contributed by atoms with E-state index in [1.54, 1.807) is 0 Å². The molecule has 5 aliphatic rings. The van der Waals surface area contributed by atoms with Crippen LogP contribution in [0.15, 0.2) is 167 Å². The quantitative estimate of drug-likeness (QED) is 0.174. The van der Waals surface area contributed by atoms with Gasteiger partial charge in [0.2, 0.25) is 0 Å². The summed E-state index contributed by atoms with van der Waals surface area (Å²) < 4.78 is 6.59. The molecule has 10 rings (SSSR count). The summed E-state index contributed by atoms with van der Waals surface area (Å²) in [7, 11) is -1.44. The van der Waals surface area contributed by atoms with E-state index in [9.17, 15) is 0 Å². The highest BCUT2D eigenvalue weighted by atomic mass is 28.3. The molecule has 0 fully saturated rings. The van der Waals surface area contributed by atoms with Crippen molar-refractivity contribution in [1.29, 1.82) is 0 Å². The van der Waals surface area contributed by atoms with E-state index in [-0.39, 0.29) is 0 Å². The molecule has 2 nitrogen and oxygen atoms in total. The minimum absolute atomic E-state index is 0.393. The lowest BCUT2D eigenvalue weighted by atomic mass is 9.74. The molecule has 4 aromatic carbocycles. The summed E-state index contributed by atoms with van der Waals surface area (Å²) in [4.78, 5) is 2.59. The van der Waals surface area contributed by atoms with Crippen LogP contribution >= 0.6 is 0 Å². The number of hydrogen-bond acceptors (Lipinski definition) is 2. The number of anilines is 2. The lowest BCUT2D eigenvalue weighted by Crippen LogP contribution is -2.34. The van der Waals surface area contributed by atoms with Crippen LogP contribution in [0.1, 0.15) is 43.6 Å². The van der Waals surface area contributed by atoms with Crippen molar-refractivity contribution in [2.45, 2.75) is 44.6 Å². The fraction of sp³-hybridized carbons (Fsp3) is 0.191. The molecular formula is C47H41NOSi. The lowest BCUT2D eigenvalue weighted by molar-refractivity contribution is 0.507. The summed E-state index contributed by atoms with van der Waals surface area (Å²) >= 11 is 0. The molecule has 0 spiro atoms. The molecule has 4 atom stereocenters. The molecule has 1 aliphatic heterocycles. The standard InChI is InChI=1S/C47H41NOSi/c1-50-44-27-26-41-40-21-7-8-23-43(40)49-47(41)46(44)42-25-24-37(30-45(42)50)48(35-18-9-16-33(28-35)31-12-3-2-4-13-31)36-19-10-17-34(29-36)39-22-11-15-32-14-5-6-20-38(32)39/h2-5,7-8,10-12,14-17,19,21-31,38-39,50H,6,9,13,18,20H2,1H3. The SMILES string of the molecule is C[SiH]1c2cc(N(C3=CC(C4C=CC=CC4)=CCC3)c3cccc(C4C=CC=C5C=CCCC54)c3)ccc2-c2c1ccc1c2oc2ccccc21. The Kier molecular flexibility index (Phi) is 7.16. The molecular weight excluding hydrogens is 623 g/mol. The van der Waals surface area contributed by atoms with E-state index in [2.05, 4.69) is 157 Å². The number of para-hydroxylation sites is 1. The monoisotopic (exact) mass is 663 g/mol. The van der Waals surface area contributed by atoms with Gasteiger partial charge >= 0.3 is 0 Å². The van der Waals surface area contributed by atoms with Gasteiger partial charge in [-0.15, -0.1) is 0 Å². The van der Waals surface area contributed by atoms with Gasteiger partial charge < -0.3 is 9.32 Å². The van der Waals surface area contributed by atoms with Crippen LogP contribution in [-0.2, 0) is 0 Å². The Balaban J connectivity index is 1.10. The normalized spacial score (nSPS) is 23.3. The van der Waals surface area contributed by atoms with Crippen LogP contribution in [0.2, 0.25) is 6.55 Å². The molecule has 5 aromatic rings. The van der Waals surface area contributed by atoms with Crippen molar-refractivity contribution in [2.75, 3.05) is 4.90 Å². The average Bonchev–Trinajstić information content (AvgIpc) is 3.70. The third kappa shape index (κ3) is 4.82. The van der Waals surface area contributed by atoms with Gasteiger partial charge in [-0.3, -0.25) is 0 Å². The van der Waals surface area contributed by atoms with Crippen molar-refractivity contribution in [3.8, 4) is 11.1 Å². The number of hydrogen-bond donors (Lipinski definition) is 0. The van der Waals surface area contributed by atoms with Gasteiger partial charge in [-0.05, 0) is 107 Å². The molecule has 244 valence electrons. The van der Waals surface area contributed by atoms with Crippen LogP contribution in [0.3, 0.4) is 0 Å². The molecule has 0 saturated carbocycles. The predicted molar refractivity (Wildman–Crippen MR) is 214 cm³/mol. The molecule has 2 heterocycles. The Morgan fingerprint density at radius 3 is 2.66 bits per heavy atom. The number of fused-ring (bicyclic) bond motifs is 8. The highest BCUT2D eigenvalue weighted by Gasteiger charge is 2.32. The number of furan rings is 1. The molecule has 0 radical (unpaired) electrons. The Labute approximate surface area is 296 Å². The Hall–Kier alpha value is -5.12. The van der Waals surface area contributed by atoms with Crippen molar-refractivity contribution in [1.82, 2.24) is 0 Å². The predicted octanol–water partition coefficient (Wildman–Crippen LogP) is 11.0. The molecule has 4 aliphatic carbocycles. The maximum atomic E-state index is 6.59. The number of rotatable bonds is 5.